The predicted octanol–water partition coefficient (Wildman–Crippen LogP) is -0.724. The average Bonchev–Trinajstić information content (AvgIpc) is 2.05. The lowest BCUT2D eigenvalue weighted by atomic mass is 10.1. The second kappa shape index (κ2) is 3.69. The third-order valence-electron chi connectivity index (χ3n) is 1.92. The van der Waals surface area contributed by atoms with E-state index in [0.717, 1.165) is 25.9 Å². The summed E-state index contributed by atoms with van der Waals surface area (Å²) >= 11 is 0. The molecule has 1 aliphatic heterocycles. The van der Waals surface area contributed by atoms with Crippen molar-refractivity contribution in [2.45, 2.75) is 25.5 Å². The van der Waals surface area contributed by atoms with Crippen LogP contribution in [0.3, 0.4) is 0 Å². The van der Waals surface area contributed by atoms with Gasteiger partial charge >= 0.3 is 0 Å². The molecule has 0 saturated carbocycles. The van der Waals surface area contributed by atoms with Gasteiger partial charge in [0.2, 0.25) is 0 Å². The zero-order valence-corrected chi connectivity index (χ0v) is 6.49. The summed E-state index contributed by atoms with van der Waals surface area (Å²) in [5.74, 6) is -0.343. The number of hydrogen-bond donors (Lipinski definition) is 2. The molecule has 1 rings (SSSR count). The molecule has 4 nitrogen and oxygen atoms in total. The van der Waals surface area contributed by atoms with Crippen LogP contribution in [0.1, 0.15) is 19.3 Å². The molecule has 1 fully saturated rings. The normalized spacial score (nSPS) is 21.5. The van der Waals surface area contributed by atoms with Gasteiger partial charge in [-0.05, 0) is 19.3 Å². The number of carbonyl (C=O) groups is 1. The van der Waals surface area contributed by atoms with Gasteiger partial charge < -0.3 is 10.0 Å². The number of likely N-dealkylation sites (tertiary alicyclic amines) is 1. The second-order valence-corrected chi connectivity index (χ2v) is 2.83. The van der Waals surface area contributed by atoms with E-state index in [-0.39, 0.29) is 5.91 Å². The van der Waals surface area contributed by atoms with E-state index in [0.29, 0.717) is 0 Å². The first-order chi connectivity index (χ1) is 5.22. The topological polar surface area (TPSA) is 66.6 Å². The number of amides is 1. The Balaban J connectivity index is 2.39. The van der Waals surface area contributed by atoms with Crippen LogP contribution in [0.4, 0.5) is 0 Å². The molecule has 1 amide bonds. The van der Waals surface area contributed by atoms with Gasteiger partial charge in [0.1, 0.15) is 0 Å². The lowest BCUT2D eigenvalue weighted by Crippen LogP contribution is -2.45. The summed E-state index contributed by atoms with van der Waals surface area (Å²) in [5.41, 5.74) is 5.03. The monoisotopic (exact) mass is 158 g/mol. The number of piperidine rings is 1. The number of nitrogens with zero attached hydrogens (tertiary/aromatic N) is 1. The Morgan fingerprint density at radius 3 is 2.36 bits per heavy atom. The average molecular weight is 158 g/mol. The lowest BCUT2D eigenvalue weighted by Gasteiger charge is -2.27. The Morgan fingerprint density at radius 2 is 1.91 bits per heavy atom. The summed E-state index contributed by atoms with van der Waals surface area (Å²) in [6, 6.07) is 0. The summed E-state index contributed by atoms with van der Waals surface area (Å²) in [6.45, 7) is 1.49. The molecule has 4 heteroatoms. The number of rotatable bonds is 1. The lowest BCUT2D eigenvalue weighted by molar-refractivity contribution is -0.140. The Bertz CT molecular complexity index is 141. The minimum Gasteiger partial charge on any atom is -0.370 e. The van der Waals surface area contributed by atoms with E-state index in [9.17, 15) is 4.79 Å². The highest BCUT2D eigenvalue weighted by Gasteiger charge is 2.20. The third-order valence-corrected chi connectivity index (χ3v) is 1.92. The number of nitrogens with two attached hydrogens (primary N) is 1. The smallest absolute Gasteiger partial charge is 0.266 e. The molecule has 11 heavy (non-hydrogen) atoms. The Hall–Kier alpha value is -0.610. The van der Waals surface area contributed by atoms with Crippen molar-refractivity contribution in [3.8, 4) is 0 Å². The van der Waals surface area contributed by atoms with Crippen molar-refractivity contribution in [3.05, 3.63) is 0 Å². The highest BCUT2D eigenvalue weighted by Crippen LogP contribution is 2.08. The van der Waals surface area contributed by atoms with Gasteiger partial charge in [0, 0.05) is 13.1 Å². The van der Waals surface area contributed by atoms with Gasteiger partial charge in [-0.1, -0.05) is 0 Å². The van der Waals surface area contributed by atoms with E-state index in [1.54, 1.807) is 4.90 Å². The molecule has 1 atom stereocenters. The molecule has 0 aliphatic carbocycles. The van der Waals surface area contributed by atoms with Crippen molar-refractivity contribution >= 4 is 5.91 Å². The van der Waals surface area contributed by atoms with Crippen molar-refractivity contribution in [2.24, 2.45) is 5.73 Å². The van der Waals surface area contributed by atoms with Gasteiger partial charge in [-0.3, -0.25) is 10.5 Å². The van der Waals surface area contributed by atoms with E-state index >= 15 is 0 Å². The van der Waals surface area contributed by atoms with Crippen molar-refractivity contribution in [1.82, 2.24) is 4.90 Å². The van der Waals surface area contributed by atoms with E-state index in [2.05, 4.69) is 0 Å². The molecule has 3 N–H and O–H groups in total. The minimum absolute atomic E-state index is 0.343. The minimum atomic E-state index is -1.33. The van der Waals surface area contributed by atoms with Crippen LogP contribution in [0.15, 0.2) is 0 Å². The number of hydrogen-bond acceptors (Lipinski definition) is 3. The predicted molar refractivity (Wildman–Crippen MR) is 40.6 cm³/mol. The van der Waals surface area contributed by atoms with Gasteiger partial charge in [-0.2, -0.15) is 0 Å². The Kier molecular flexibility index (Phi) is 2.84. The highest BCUT2D eigenvalue weighted by molar-refractivity contribution is 5.80. The fourth-order valence-corrected chi connectivity index (χ4v) is 1.30. The van der Waals surface area contributed by atoms with Crippen LogP contribution in [-0.2, 0) is 4.79 Å². The summed E-state index contributed by atoms with van der Waals surface area (Å²) < 4.78 is 0. The van der Waals surface area contributed by atoms with Crippen LogP contribution in [0.25, 0.3) is 0 Å². The molecule has 1 saturated heterocycles. The van der Waals surface area contributed by atoms with Crippen molar-refractivity contribution in [2.75, 3.05) is 13.1 Å². The summed E-state index contributed by atoms with van der Waals surface area (Å²) in [5, 5.41) is 8.76. The van der Waals surface area contributed by atoms with Gasteiger partial charge in [-0.15, -0.1) is 0 Å². The number of aliphatic hydroxyl groups is 1. The van der Waals surface area contributed by atoms with Crippen molar-refractivity contribution in [1.29, 1.82) is 0 Å². The van der Waals surface area contributed by atoms with Gasteiger partial charge in [-0.25, -0.2) is 0 Å². The molecule has 1 aliphatic rings. The fraction of sp³-hybridized carbons (Fsp3) is 0.857. The number of carbonyl (C=O) groups excluding carboxylic acids is 1. The van der Waals surface area contributed by atoms with Crippen LogP contribution in [0.2, 0.25) is 0 Å². The molecular formula is C7H14N2O2. The van der Waals surface area contributed by atoms with Gasteiger partial charge in [0.25, 0.3) is 5.91 Å². The Morgan fingerprint density at radius 1 is 1.36 bits per heavy atom. The molecule has 0 radical (unpaired) electrons. The Labute approximate surface area is 66.0 Å². The molecule has 0 spiro atoms. The number of aliphatic hydroxyl groups excluding tert-OH is 1. The van der Waals surface area contributed by atoms with Crippen LogP contribution in [0.5, 0.6) is 0 Å². The first-order valence-corrected chi connectivity index (χ1v) is 3.94. The van der Waals surface area contributed by atoms with Crippen LogP contribution >= 0.6 is 0 Å². The quantitative estimate of drug-likeness (QED) is 0.495. The van der Waals surface area contributed by atoms with E-state index < -0.39 is 6.23 Å². The van der Waals surface area contributed by atoms with Crippen molar-refractivity contribution in [3.63, 3.8) is 0 Å². The molecular weight excluding hydrogens is 144 g/mol. The zero-order valence-electron chi connectivity index (χ0n) is 6.49. The standard InChI is InChI=1S/C7H14N2O2/c8-6(10)7(11)9-4-2-1-3-5-9/h6,10H,1-5,8H2. The molecule has 64 valence electrons. The summed E-state index contributed by atoms with van der Waals surface area (Å²) in [7, 11) is 0. The maximum absolute atomic E-state index is 11.0. The largest absolute Gasteiger partial charge is 0.370 e. The SMILES string of the molecule is NC(O)C(=O)N1CCCCC1. The highest BCUT2D eigenvalue weighted by atomic mass is 16.3. The van der Waals surface area contributed by atoms with Crippen LogP contribution in [0, 0.1) is 0 Å². The first kappa shape index (κ1) is 8.49. The summed E-state index contributed by atoms with van der Waals surface area (Å²) in [6.07, 6.45) is 1.90. The van der Waals surface area contributed by atoms with Gasteiger partial charge in [0.05, 0.1) is 0 Å². The van der Waals surface area contributed by atoms with Crippen molar-refractivity contribution < 1.29 is 9.90 Å². The molecule has 1 heterocycles. The van der Waals surface area contributed by atoms with Gasteiger partial charge in [0.15, 0.2) is 6.23 Å². The molecule has 1 unspecified atom stereocenters. The third kappa shape index (κ3) is 2.17. The molecule has 0 aromatic carbocycles. The first-order valence-electron chi connectivity index (χ1n) is 3.94. The zero-order chi connectivity index (χ0) is 8.27. The van der Waals surface area contributed by atoms with E-state index in [1.165, 1.54) is 6.42 Å². The van der Waals surface area contributed by atoms with Crippen LogP contribution in [-0.4, -0.2) is 35.2 Å². The fourth-order valence-electron chi connectivity index (χ4n) is 1.30. The molecule has 0 bridgehead atoms. The molecule has 0 aromatic heterocycles. The van der Waals surface area contributed by atoms with E-state index in [1.807, 2.05) is 0 Å². The second-order valence-electron chi connectivity index (χ2n) is 2.83. The molecule has 0 aromatic rings. The maximum atomic E-state index is 11.0. The van der Waals surface area contributed by atoms with Crippen LogP contribution < -0.4 is 5.73 Å². The maximum Gasteiger partial charge on any atom is 0.266 e. The van der Waals surface area contributed by atoms with E-state index in [4.69, 9.17) is 10.8 Å². The summed E-state index contributed by atoms with van der Waals surface area (Å²) in [4.78, 5) is 12.7.